The Morgan fingerprint density at radius 1 is 1.18 bits per heavy atom. The predicted molar refractivity (Wildman–Crippen MR) is 71.3 cm³/mol. The van der Waals surface area contributed by atoms with Crippen molar-refractivity contribution in [2.24, 2.45) is 5.92 Å². The summed E-state index contributed by atoms with van der Waals surface area (Å²) < 4.78 is 5.47. The maximum Gasteiger partial charge on any atom is 0.0506 e. The Labute approximate surface area is 106 Å². The van der Waals surface area contributed by atoms with E-state index in [0.717, 1.165) is 19.8 Å². The monoisotopic (exact) mass is 240 g/mol. The van der Waals surface area contributed by atoms with E-state index in [0.29, 0.717) is 12.0 Å². The minimum Gasteiger partial charge on any atom is -0.381 e. The smallest absolute Gasteiger partial charge is 0.0506 e. The number of hydrogen-bond acceptors (Lipinski definition) is 3. The van der Waals surface area contributed by atoms with E-state index in [-0.39, 0.29) is 0 Å². The molecule has 0 aromatic rings. The SMILES string of the molecule is CC1COCCC1NCCN1CCCCCC1. The predicted octanol–water partition coefficient (Wildman–Crippen LogP) is 1.88. The first kappa shape index (κ1) is 13.3. The summed E-state index contributed by atoms with van der Waals surface area (Å²) in [5.41, 5.74) is 0. The standard InChI is InChI=1S/C14H28N2O/c1-13-12-17-11-6-14(13)15-7-10-16-8-4-2-3-5-9-16/h13-15H,2-12H2,1H3. The third-order valence-electron chi connectivity index (χ3n) is 4.17. The van der Waals surface area contributed by atoms with Gasteiger partial charge in [0.25, 0.3) is 0 Å². The highest BCUT2D eigenvalue weighted by atomic mass is 16.5. The quantitative estimate of drug-likeness (QED) is 0.812. The highest BCUT2D eigenvalue weighted by Crippen LogP contribution is 2.13. The van der Waals surface area contributed by atoms with E-state index >= 15 is 0 Å². The highest BCUT2D eigenvalue weighted by molar-refractivity contribution is 4.77. The maximum atomic E-state index is 5.47. The van der Waals surface area contributed by atoms with Crippen molar-refractivity contribution in [3.63, 3.8) is 0 Å². The molecule has 2 fully saturated rings. The molecular formula is C14H28N2O. The molecule has 3 nitrogen and oxygen atoms in total. The summed E-state index contributed by atoms with van der Waals surface area (Å²) in [6.45, 7) is 9.16. The number of hydrogen-bond donors (Lipinski definition) is 1. The lowest BCUT2D eigenvalue weighted by Gasteiger charge is -2.30. The van der Waals surface area contributed by atoms with E-state index in [1.54, 1.807) is 0 Å². The molecule has 0 bridgehead atoms. The molecular weight excluding hydrogens is 212 g/mol. The number of likely N-dealkylation sites (tertiary alicyclic amines) is 1. The lowest BCUT2D eigenvalue weighted by atomic mass is 9.98. The van der Waals surface area contributed by atoms with Gasteiger partial charge in [0.15, 0.2) is 0 Å². The zero-order valence-corrected chi connectivity index (χ0v) is 11.3. The van der Waals surface area contributed by atoms with Crippen molar-refractivity contribution in [2.75, 3.05) is 39.4 Å². The second-order valence-corrected chi connectivity index (χ2v) is 5.66. The van der Waals surface area contributed by atoms with E-state index < -0.39 is 0 Å². The summed E-state index contributed by atoms with van der Waals surface area (Å²) >= 11 is 0. The molecule has 2 saturated heterocycles. The lowest BCUT2D eigenvalue weighted by molar-refractivity contribution is 0.0385. The molecule has 0 aromatic heterocycles. The molecule has 2 atom stereocenters. The van der Waals surface area contributed by atoms with Gasteiger partial charge in [-0.25, -0.2) is 0 Å². The molecule has 0 spiro atoms. The van der Waals surface area contributed by atoms with Gasteiger partial charge in [-0.2, -0.15) is 0 Å². The molecule has 2 aliphatic rings. The molecule has 0 aliphatic carbocycles. The molecule has 0 radical (unpaired) electrons. The highest BCUT2D eigenvalue weighted by Gasteiger charge is 2.21. The van der Waals surface area contributed by atoms with Gasteiger partial charge in [-0.1, -0.05) is 19.8 Å². The molecule has 17 heavy (non-hydrogen) atoms. The van der Waals surface area contributed by atoms with Crippen LogP contribution in [-0.2, 0) is 4.74 Å². The zero-order valence-electron chi connectivity index (χ0n) is 11.3. The molecule has 0 aromatic carbocycles. The van der Waals surface area contributed by atoms with Crippen LogP contribution in [0.1, 0.15) is 39.0 Å². The number of nitrogens with one attached hydrogen (secondary N) is 1. The number of rotatable bonds is 4. The van der Waals surface area contributed by atoms with Crippen LogP contribution in [0.3, 0.4) is 0 Å². The summed E-state index contributed by atoms with van der Waals surface area (Å²) in [4.78, 5) is 2.63. The summed E-state index contributed by atoms with van der Waals surface area (Å²) in [6, 6.07) is 0.677. The largest absolute Gasteiger partial charge is 0.381 e. The van der Waals surface area contributed by atoms with Crippen LogP contribution >= 0.6 is 0 Å². The van der Waals surface area contributed by atoms with E-state index in [1.165, 1.54) is 51.7 Å². The van der Waals surface area contributed by atoms with Crippen LogP contribution in [0.25, 0.3) is 0 Å². The normalized spacial score (nSPS) is 32.3. The Morgan fingerprint density at radius 3 is 2.65 bits per heavy atom. The Kier molecular flexibility index (Phi) is 5.75. The van der Waals surface area contributed by atoms with Crippen molar-refractivity contribution in [3.8, 4) is 0 Å². The Bertz CT molecular complexity index is 202. The van der Waals surface area contributed by atoms with Gasteiger partial charge in [0.2, 0.25) is 0 Å². The average Bonchev–Trinajstić information content (AvgIpc) is 2.60. The molecule has 2 aliphatic heterocycles. The third kappa shape index (κ3) is 4.57. The second-order valence-electron chi connectivity index (χ2n) is 5.66. The first-order chi connectivity index (χ1) is 8.36. The fourth-order valence-corrected chi connectivity index (χ4v) is 2.95. The van der Waals surface area contributed by atoms with Crippen molar-refractivity contribution in [3.05, 3.63) is 0 Å². The molecule has 2 unspecified atom stereocenters. The summed E-state index contributed by atoms with van der Waals surface area (Å²) in [7, 11) is 0. The van der Waals surface area contributed by atoms with E-state index in [2.05, 4.69) is 17.1 Å². The van der Waals surface area contributed by atoms with Gasteiger partial charge in [-0.3, -0.25) is 0 Å². The molecule has 1 N–H and O–H groups in total. The Hall–Kier alpha value is -0.120. The van der Waals surface area contributed by atoms with Crippen LogP contribution in [0.15, 0.2) is 0 Å². The van der Waals surface area contributed by atoms with Crippen LogP contribution in [-0.4, -0.2) is 50.3 Å². The van der Waals surface area contributed by atoms with Crippen LogP contribution in [0, 0.1) is 5.92 Å². The van der Waals surface area contributed by atoms with E-state index in [1.807, 2.05) is 0 Å². The Morgan fingerprint density at radius 2 is 1.94 bits per heavy atom. The van der Waals surface area contributed by atoms with Gasteiger partial charge in [-0.05, 0) is 38.3 Å². The molecule has 0 amide bonds. The molecule has 0 saturated carbocycles. The lowest BCUT2D eigenvalue weighted by Crippen LogP contribution is -2.44. The minimum absolute atomic E-state index is 0.674. The number of ether oxygens (including phenoxy) is 1. The Balaban J connectivity index is 1.60. The van der Waals surface area contributed by atoms with Crippen LogP contribution in [0.4, 0.5) is 0 Å². The molecule has 100 valence electrons. The maximum absolute atomic E-state index is 5.47. The van der Waals surface area contributed by atoms with E-state index in [9.17, 15) is 0 Å². The molecule has 3 heteroatoms. The van der Waals surface area contributed by atoms with Gasteiger partial charge in [0, 0.05) is 25.7 Å². The average molecular weight is 240 g/mol. The van der Waals surface area contributed by atoms with Crippen molar-refractivity contribution >= 4 is 0 Å². The van der Waals surface area contributed by atoms with Crippen LogP contribution in [0.2, 0.25) is 0 Å². The fraction of sp³-hybridized carbons (Fsp3) is 1.00. The molecule has 2 rings (SSSR count). The first-order valence-electron chi connectivity index (χ1n) is 7.40. The topological polar surface area (TPSA) is 24.5 Å². The summed E-state index contributed by atoms with van der Waals surface area (Å²) in [6.07, 6.45) is 6.84. The minimum atomic E-state index is 0.674. The third-order valence-corrected chi connectivity index (χ3v) is 4.17. The van der Waals surface area contributed by atoms with Gasteiger partial charge in [0.05, 0.1) is 6.61 Å². The number of nitrogens with zero attached hydrogens (tertiary/aromatic N) is 1. The van der Waals surface area contributed by atoms with Crippen molar-refractivity contribution in [1.29, 1.82) is 0 Å². The van der Waals surface area contributed by atoms with Gasteiger partial charge >= 0.3 is 0 Å². The van der Waals surface area contributed by atoms with Gasteiger partial charge in [0.1, 0.15) is 0 Å². The van der Waals surface area contributed by atoms with Gasteiger partial charge < -0.3 is 15.0 Å². The van der Waals surface area contributed by atoms with Crippen molar-refractivity contribution in [2.45, 2.75) is 45.1 Å². The summed E-state index contributed by atoms with van der Waals surface area (Å²) in [5.74, 6) is 0.674. The second kappa shape index (κ2) is 7.34. The zero-order chi connectivity index (χ0) is 11.9. The fourth-order valence-electron chi connectivity index (χ4n) is 2.95. The van der Waals surface area contributed by atoms with Crippen molar-refractivity contribution in [1.82, 2.24) is 10.2 Å². The van der Waals surface area contributed by atoms with E-state index in [4.69, 9.17) is 4.74 Å². The van der Waals surface area contributed by atoms with Gasteiger partial charge in [-0.15, -0.1) is 0 Å². The van der Waals surface area contributed by atoms with Crippen LogP contribution in [0.5, 0.6) is 0 Å². The van der Waals surface area contributed by atoms with Crippen molar-refractivity contribution < 1.29 is 4.74 Å². The first-order valence-corrected chi connectivity index (χ1v) is 7.40. The molecule has 2 heterocycles. The van der Waals surface area contributed by atoms with Crippen LogP contribution < -0.4 is 5.32 Å². The summed E-state index contributed by atoms with van der Waals surface area (Å²) in [5, 5.41) is 3.72.